The fraction of sp³-hybridized carbons (Fsp3) is 1.00. The topological polar surface area (TPSA) is 32.7 Å². The minimum atomic E-state index is -0.185. The van der Waals surface area contributed by atoms with Crippen molar-refractivity contribution in [2.45, 2.75) is 31.9 Å². The van der Waals surface area contributed by atoms with Crippen LogP contribution < -0.4 is 0 Å². The van der Waals surface area contributed by atoms with E-state index in [9.17, 15) is 5.11 Å². The van der Waals surface area contributed by atoms with Crippen LogP contribution in [0, 0.1) is 0 Å². The van der Waals surface area contributed by atoms with Crippen molar-refractivity contribution >= 4 is 0 Å². The van der Waals surface area contributed by atoms with Gasteiger partial charge in [-0.15, -0.1) is 0 Å². The Kier molecular flexibility index (Phi) is 3.98. The van der Waals surface area contributed by atoms with Crippen LogP contribution >= 0.6 is 0 Å². The van der Waals surface area contributed by atoms with Crippen molar-refractivity contribution in [1.29, 1.82) is 0 Å². The lowest BCUT2D eigenvalue weighted by Gasteiger charge is -2.24. The van der Waals surface area contributed by atoms with E-state index in [1.54, 1.807) is 0 Å². The molecule has 1 N–H and O–H groups in total. The maximum atomic E-state index is 9.41. The van der Waals surface area contributed by atoms with Crippen LogP contribution in [0.25, 0.3) is 0 Å². The largest absolute Gasteiger partial charge is 0.392 e. The first kappa shape index (κ1) is 9.96. The number of nitrogens with zero attached hydrogens (tertiary/aromatic N) is 1. The molecule has 0 radical (unpaired) electrons. The van der Waals surface area contributed by atoms with Gasteiger partial charge in [0.25, 0.3) is 0 Å². The molecular weight excluding hydrogens is 154 g/mol. The molecule has 3 heteroatoms. The number of ether oxygens (including phenoxy) is 1. The van der Waals surface area contributed by atoms with Gasteiger partial charge < -0.3 is 9.84 Å². The van der Waals surface area contributed by atoms with Crippen molar-refractivity contribution in [2.75, 3.05) is 26.8 Å². The van der Waals surface area contributed by atoms with E-state index in [0.29, 0.717) is 6.04 Å². The summed E-state index contributed by atoms with van der Waals surface area (Å²) in [6.07, 6.45) is 1.75. The smallest absolute Gasteiger partial charge is 0.0664 e. The van der Waals surface area contributed by atoms with E-state index >= 15 is 0 Å². The quantitative estimate of drug-likeness (QED) is 0.671. The normalized spacial score (nSPS) is 26.5. The van der Waals surface area contributed by atoms with E-state index in [0.717, 1.165) is 32.6 Å². The van der Waals surface area contributed by atoms with Crippen LogP contribution in [0.15, 0.2) is 0 Å². The van der Waals surface area contributed by atoms with E-state index in [-0.39, 0.29) is 6.10 Å². The lowest BCUT2D eigenvalue weighted by Crippen LogP contribution is -2.37. The molecule has 0 aromatic carbocycles. The Morgan fingerprint density at radius 3 is 2.92 bits per heavy atom. The SMILES string of the molecule is CCC(O)CN(C)C1CCOC1. The van der Waals surface area contributed by atoms with Crippen molar-refractivity contribution in [2.24, 2.45) is 0 Å². The Morgan fingerprint density at radius 1 is 1.67 bits per heavy atom. The highest BCUT2D eigenvalue weighted by atomic mass is 16.5. The first-order valence-corrected chi connectivity index (χ1v) is 4.70. The molecule has 1 rings (SSSR count). The lowest BCUT2D eigenvalue weighted by molar-refractivity contribution is 0.0926. The average Bonchev–Trinajstić information content (AvgIpc) is 2.56. The maximum absolute atomic E-state index is 9.41. The number of rotatable bonds is 4. The van der Waals surface area contributed by atoms with E-state index in [1.807, 2.05) is 6.92 Å². The molecule has 1 aliphatic heterocycles. The van der Waals surface area contributed by atoms with Gasteiger partial charge >= 0.3 is 0 Å². The van der Waals surface area contributed by atoms with Gasteiger partial charge in [-0.25, -0.2) is 0 Å². The van der Waals surface area contributed by atoms with Gasteiger partial charge in [-0.3, -0.25) is 4.90 Å². The van der Waals surface area contributed by atoms with E-state index in [2.05, 4.69) is 11.9 Å². The molecule has 2 atom stereocenters. The second-order valence-corrected chi connectivity index (χ2v) is 3.52. The van der Waals surface area contributed by atoms with Crippen molar-refractivity contribution in [3.63, 3.8) is 0 Å². The van der Waals surface area contributed by atoms with Crippen molar-refractivity contribution in [3.05, 3.63) is 0 Å². The zero-order valence-electron chi connectivity index (χ0n) is 7.99. The van der Waals surface area contributed by atoms with E-state index in [1.165, 1.54) is 0 Å². The molecule has 0 saturated carbocycles. The number of hydrogen-bond acceptors (Lipinski definition) is 3. The first-order valence-electron chi connectivity index (χ1n) is 4.70. The van der Waals surface area contributed by atoms with E-state index < -0.39 is 0 Å². The molecule has 1 aliphatic rings. The molecule has 72 valence electrons. The van der Waals surface area contributed by atoms with Crippen molar-refractivity contribution in [1.82, 2.24) is 4.90 Å². The molecule has 3 nitrogen and oxygen atoms in total. The van der Waals surface area contributed by atoms with Gasteiger partial charge in [0.05, 0.1) is 12.7 Å². The van der Waals surface area contributed by atoms with Crippen LogP contribution in [0.5, 0.6) is 0 Å². The molecule has 0 amide bonds. The molecule has 1 heterocycles. The third-order valence-electron chi connectivity index (χ3n) is 2.50. The molecular formula is C9H19NO2. The number of aliphatic hydroxyl groups is 1. The standard InChI is InChI=1S/C9H19NO2/c1-3-9(11)6-10(2)8-4-5-12-7-8/h8-9,11H,3-7H2,1-2H3. The summed E-state index contributed by atoms with van der Waals surface area (Å²) in [5.74, 6) is 0. The molecule has 12 heavy (non-hydrogen) atoms. The fourth-order valence-electron chi connectivity index (χ4n) is 1.48. The summed E-state index contributed by atoms with van der Waals surface area (Å²) in [5.41, 5.74) is 0. The van der Waals surface area contributed by atoms with Crippen LogP contribution in [-0.4, -0.2) is 49.0 Å². The minimum Gasteiger partial charge on any atom is -0.392 e. The third-order valence-corrected chi connectivity index (χ3v) is 2.50. The summed E-state index contributed by atoms with van der Waals surface area (Å²) in [6, 6.07) is 0.520. The van der Waals surface area contributed by atoms with Gasteiger partial charge in [0.15, 0.2) is 0 Å². The van der Waals surface area contributed by atoms with Gasteiger partial charge in [0, 0.05) is 19.2 Å². The predicted molar refractivity (Wildman–Crippen MR) is 48.2 cm³/mol. The van der Waals surface area contributed by atoms with Gasteiger partial charge in [0.1, 0.15) is 0 Å². The van der Waals surface area contributed by atoms with Crippen LogP contribution in [0.3, 0.4) is 0 Å². The van der Waals surface area contributed by atoms with Gasteiger partial charge in [-0.05, 0) is 19.9 Å². The summed E-state index contributed by atoms with van der Waals surface area (Å²) in [6.45, 7) is 4.47. The summed E-state index contributed by atoms with van der Waals surface area (Å²) in [7, 11) is 2.05. The Hall–Kier alpha value is -0.120. The predicted octanol–water partition coefficient (Wildman–Crippen LogP) is 0.478. The Labute approximate surface area is 74.3 Å². The Morgan fingerprint density at radius 2 is 2.42 bits per heavy atom. The van der Waals surface area contributed by atoms with Crippen molar-refractivity contribution < 1.29 is 9.84 Å². The highest BCUT2D eigenvalue weighted by Crippen LogP contribution is 2.11. The third kappa shape index (κ3) is 2.73. The molecule has 1 saturated heterocycles. The zero-order chi connectivity index (χ0) is 8.97. The van der Waals surface area contributed by atoms with Gasteiger partial charge in [0.2, 0.25) is 0 Å². The average molecular weight is 173 g/mol. The Balaban J connectivity index is 2.21. The maximum Gasteiger partial charge on any atom is 0.0664 e. The minimum absolute atomic E-state index is 0.185. The Bertz CT molecular complexity index is 124. The number of likely N-dealkylation sites (N-methyl/N-ethyl adjacent to an activating group) is 1. The van der Waals surface area contributed by atoms with Gasteiger partial charge in [-0.2, -0.15) is 0 Å². The highest BCUT2D eigenvalue weighted by molar-refractivity contribution is 4.74. The molecule has 1 fully saturated rings. The summed E-state index contributed by atoms with van der Waals surface area (Å²) >= 11 is 0. The highest BCUT2D eigenvalue weighted by Gasteiger charge is 2.21. The monoisotopic (exact) mass is 173 g/mol. The fourth-order valence-corrected chi connectivity index (χ4v) is 1.48. The summed E-state index contributed by atoms with van der Waals surface area (Å²) in [4.78, 5) is 2.20. The van der Waals surface area contributed by atoms with Crippen LogP contribution in [0.2, 0.25) is 0 Å². The second kappa shape index (κ2) is 4.80. The molecule has 0 spiro atoms. The molecule has 2 unspecified atom stereocenters. The van der Waals surface area contributed by atoms with Crippen LogP contribution in [0.4, 0.5) is 0 Å². The van der Waals surface area contributed by atoms with Crippen LogP contribution in [-0.2, 0) is 4.74 Å². The zero-order valence-corrected chi connectivity index (χ0v) is 7.99. The molecule has 0 bridgehead atoms. The summed E-state index contributed by atoms with van der Waals surface area (Å²) < 4.78 is 5.27. The van der Waals surface area contributed by atoms with Gasteiger partial charge in [-0.1, -0.05) is 6.92 Å². The van der Waals surface area contributed by atoms with Crippen molar-refractivity contribution in [3.8, 4) is 0 Å². The molecule has 0 aromatic rings. The van der Waals surface area contributed by atoms with E-state index in [4.69, 9.17) is 4.74 Å². The lowest BCUT2D eigenvalue weighted by atomic mass is 10.2. The molecule has 0 aliphatic carbocycles. The van der Waals surface area contributed by atoms with Crippen LogP contribution in [0.1, 0.15) is 19.8 Å². The first-order chi connectivity index (χ1) is 5.74. The summed E-state index contributed by atoms with van der Waals surface area (Å²) in [5, 5.41) is 9.41. The number of aliphatic hydroxyl groups excluding tert-OH is 1. The molecule has 0 aromatic heterocycles. The second-order valence-electron chi connectivity index (χ2n) is 3.52. The number of hydrogen-bond donors (Lipinski definition) is 1.